The van der Waals surface area contributed by atoms with Crippen molar-refractivity contribution < 1.29 is 4.39 Å². The Morgan fingerprint density at radius 2 is 2.00 bits per heavy atom. The van der Waals surface area contributed by atoms with E-state index < -0.39 is 0 Å². The fourth-order valence-corrected chi connectivity index (χ4v) is 3.25. The number of halogens is 1. The van der Waals surface area contributed by atoms with Crippen molar-refractivity contribution in [3.8, 4) is 0 Å². The largest absolute Gasteiger partial charge is 0.311 e. The Labute approximate surface area is 128 Å². The fraction of sp³-hybridized carbons (Fsp3) is 0.667. The molecule has 0 spiro atoms. The molecule has 0 saturated carbocycles. The molecule has 3 heteroatoms. The number of benzene rings is 1. The van der Waals surface area contributed by atoms with Gasteiger partial charge in [-0.25, -0.2) is 4.39 Å². The predicted molar refractivity (Wildman–Crippen MR) is 86.8 cm³/mol. The summed E-state index contributed by atoms with van der Waals surface area (Å²) < 4.78 is 14.1. The topological polar surface area (TPSA) is 15.3 Å². The molecule has 1 aliphatic heterocycles. The van der Waals surface area contributed by atoms with Gasteiger partial charge in [-0.1, -0.05) is 45.9 Å². The zero-order valence-corrected chi connectivity index (χ0v) is 14.0. The molecule has 2 rings (SSSR count). The summed E-state index contributed by atoms with van der Waals surface area (Å²) in [6.45, 7) is 13.1. The highest BCUT2D eigenvalue weighted by Gasteiger charge is 2.36. The van der Waals surface area contributed by atoms with Crippen molar-refractivity contribution >= 4 is 0 Å². The molecule has 0 aromatic heterocycles. The predicted octanol–water partition coefficient (Wildman–Crippen LogP) is 3.99. The Hall–Kier alpha value is -0.930. The smallest absolute Gasteiger partial charge is 0.127 e. The molecule has 1 fully saturated rings. The van der Waals surface area contributed by atoms with Crippen LogP contribution in [0.5, 0.6) is 0 Å². The molecule has 118 valence electrons. The van der Waals surface area contributed by atoms with Crippen molar-refractivity contribution in [1.29, 1.82) is 0 Å². The second-order valence-electron chi connectivity index (χ2n) is 7.28. The van der Waals surface area contributed by atoms with Gasteiger partial charge in [-0.3, -0.25) is 4.90 Å². The molecule has 0 radical (unpaired) electrons. The van der Waals surface area contributed by atoms with Crippen LogP contribution in [0.2, 0.25) is 0 Å². The number of hydrogen-bond donors (Lipinski definition) is 1. The first-order chi connectivity index (χ1) is 9.84. The molecular weight excluding hydrogens is 263 g/mol. The summed E-state index contributed by atoms with van der Waals surface area (Å²) in [7, 11) is 0. The maximum atomic E-state index is 14.1. The van der Waals surface area contributed by atoms with Crippen molar-refractivity contribution in [1.82, 2.24) is 10.2 Å². The molecule has 0 bridgehead atoms. The van der Waals surface area contributed by atoms with Crippen LogP contribution >= 0.6 is 0 Å². The van der Waals surface area contributed by atoms with Gasteiger partial charge in [0.25, 0.3) is 0 Å². The zero-order chi connectivity index (χ0) is 15.6. The summed E-state index contributed by atoms with van der Waals surface area (Å²) in [6.07, 6.45) is 1.09. The van der Waals surface area contributed by atoms with Crippen molar-refractivity contribution in [2.75, 3.05) is 13.1 Å². The highest BCUT2D eigenvalue weighted by molar-refractivity contribution is 5.21. The van der Waals surface area contributed by atoms with E-state index in [-0.39, 0.29) is 17.3 Å². The lowest BCUT2D eigenvalue weighted by molar-refractivity contribution is 0.0519. The van der Waals surface area contributed by atoms with Crippen LogP contribution in [0.15, 0.2) is 24.3 Å². The standard InChI is InChI=1S/C18H29FN2/c1-6-14-11-20-17(18(3,4)5)12-21(14)13(2)15-9-7-8-10-16(15)19/h7-10,13-14,17,20H,6,11-12H2,1-5H3. The average Bonchev–Trinajstić information content (AvgIpc) is 2.45. The van der Waals surface area contributed by atoms with Crippen LogP contribution in [0.3, 0.4) is 0 Å². The summed E-state index contributed by atoms with van der Waals surface area (Å²) in [5.74, 6) is -0.0919. The van der Waals surface area contributed by atoms with Gasteiger partial charge < -0.3 is 5.32 Å². The minimum Gasteiger partial charge on any atom is -0.311 e. The lowest BCUT2D eigenvalue weighted by Gasteiger charge is -2.47. The van der Waals surface area contributed by atoms with Gasteiger partial charge in [0, 0.05) is 36.8 Å². The maximum Gasteiger partial charge on any atom is 0.127 e. The van der Waals surface area contributed by atoms with Crippen LogP contribution in [-0.4, -0.2) is 30.1 Å². The van der Waals surface area contributed by atoms with E-state index in [0.717, 1.165) is 25.1 Å². The van der Waals surface area contributed by atoms with E-state index in [9.17, 15) is 4.39 Å². The zero-order valence-electron chi connectivity index (χ0n) is 14.0. The molecule has 0 amide bonds. The lowest BCUT2D eigenvalue weighted by atomic mass is 9.83. The fourth-order valence-electron chi connectivity index (χ4n) is 3.25. The van der Waals surface area contributed by atoms with E-state index in [2.05, 4.69) is 44.8 Å². The Morgan fingerprint density at radius 1 is 1.33 bits per heavy atom. The summed E-state index contributed by atoms with van der Waals surface area (Å²) in [5, 5.41) is 3.68. The van der Waals surface area contributed by atoms with Crippen LogP contribution < -0.4 is 5.32 Å². The summed E-state index contributed by atoms with van der Waals surface area (Å²) in [4.78, 5) is 2.48. The van der Waals surface area contributed by atoms with Gasteiger partial charge in [-0.05, 0) is 24.8 Å². The number of hydrogen-bond acceptors (Lipinski definition) is 2. The third-order valence-electron chi connectivity index (χ3n) is 4.83. The van der Waals surface area contributed by atoms with Gasteiger partial charge >= 0.3 is 0 Å². The third-order valence-corrected chi connectivity index (χ3v) is 4.83. The number of rotatable bonds is 3. The van der Waals surface area contributed by atoms with Crippen LogP contribution in [0, 0.1) is 11.2 Å². The van der Waals surface area contributed by atoms with Crippen molar-refractivity contribution in [3.05, 3.63) is 35.6 Å². The van der Waals surface area contributed by atoms with E-state index >= 15 is 0 Å². The minimum atomic E-state index is -0.0919. The van der Waals surface area contributed by atoms with Crippen molar-refractivity contribution in [2.24, 2.45) is 5.41 Å². The molecule has 3 unspecified atom stereocenters. The van der Waals surface area contributed by atoms with Gasteiger partial charge in [0.2, 0.25) is 0 Å². The molecule has 2 nitrogen and oxygen atoms in total. The highest BCUT2D eigenvalue weighted by atomic mass is 19.1. The monoisotopic (exact) mass is 292 g/mol. The van der Waals surface area contributed by atoms with Crippen molar-refractivity contribution in [2.45, 2.75) is 59.2 Å². The molecule has 21 heavy (non-hydrogen) atoms. The Kier molecular flexibility index (Phi) is 5.05. The maximum absolute atomic E-state index is 14.1. The van der Waals surface area contributed by atoms with Gasteiger partial charge in [-0.15, -0.1) is 0 Å². The summed E-state index contributed by atoms with van der Waals surface area (Å²) in [5.41, 5.74) is 1.02. The second-order valence-corrected chi connectivity index (χ2v) is 7.28. The molecule has 0 aliphatic carbocycles. The van der Waals surface area contributed by atoms with E-state index in [0.29, 0.717) is 12.1 Å². The SMILES string of the molecule is CCC1CNC(C(C)(C)C)CN1C(C)c1ccccc1F. The minimum absolute atomic E-state index is 0.0919. The molecular formula is C18H29FN2. The summed E-state index contributed by atoms with van der Waals surface area (Å²) >= 11 is 0. The number of piperazine rings is 1. The van der Waals surface area contributed by atoms with Crippen LogP contribution in [0.4, 0.5) is 4.39 Å². The molecule has 1 aromatic rings. The van der Waals surface area contributed by atoms with Gasteiger partial charge in [-0.2, -0.15) is 0 Å². The lowest BCUT2D eigenvalue weighted by Crippen LogP contribution is -2.60. The van der Waals surface area contributed by atoms with E-state index in [1.54, 1.807) is 12.1 Å². The Balaban J connectivity index is 2.23. The van der Waals surface area contributed by atoms with E-state index in [1.807, 2.05) is 12.1 Å². The normalized spacial score (nSPS) is 25.8. The molecule has 1 saturated heterocycles. The van der Waals surface area contributed by atoms with E-state index in [4.69, 9.17) is 0 Å². The first-order valence-corrected chi connectivity index (χ1v) is 8.08. The van der Waals surface area contributed by atoms with Gasteiger partial charge in [0.1, 0.15) is 5.82 Å². The summed E-state index contributed by atoms with van der Waals surface area (Å²) in [6, 6.07) is 8.20. The van der Waals surface area contributed by atoms with E-state index in [1.165, 1.54) is 0 Å². The first-order valence-electron chi connectivity index (χ1n) is 8.08. The van der Waals surface area contributed by atoms with Gasteiger partial charge in [0.05, 0.1) is 0 Å². The van der Waals surface area contributed by atoms with Crippen LogP contribution in [0.25, 0.3) is 0 Å². The highest BCUT2D eigenvalue weighted by Crippen LogP contribution is 2.31. The Bertz CT molecular complexity index is 467. The van der Waals surface area contributed by atoms with Crippen LogP contribution in [-0.2, 0) is 0 Å². The second kappa shape index (κ2) is 6.45. The van der Waals surface area contributed by atoms with Crippen molar-refractivity contribution in [3.63, 3.8) is 0 Å². The number of nitrogens with zero attached hydrogens (tertiary/aromatic N) is 1. The quantitative estimate of drug-likeness (QED) is 0.906. The van der Waals surface area contributed by atoms with Gasteiger partial charge in [0.15, 0.2) is 0 Å². The molecule has 1 aromatic carbocycles. The molecule has 1 N–H and O–H groups in total. The average molecular weight is 292 g/mol. The Morgan fingerprint density at radius 3 is 2.57 bits per heavy atom. The molecule has 3 atom stereocenters. The first kappa shape index (κ1) is 16.4. The third kappa shape index (κ3) is 3.64. The molecule has 1 heterocycles. The van der Waals surface area contributed by atoms with Crippen LogP contribution in [0.1, 0.15) is 52.6 Å². The number of nitrogens with one attached hydrogen (secondary N) is 1. The molecule has 1 aliphatic rings.